The van der Waals surface area contributed by atoms with Crippen LogP contribution < -0.4 is 0 Å². The molecule has 20 heavy (non-hydrogen) atoms. The zero-order valence-corrected chi connectivity index (χ0v) is 14.6. The molecule has 0 aromatic carbocycles. The van der Waals surface area contributed by atoms with Crippen molar-refractivity contribution in [1.29, 1.82) is 0 Å². The van der Waals surface area contributed by atoms with Crippen molar-refractivity contribution in [1.82, 2.24) is 4.90 Å². The van der Waals surface area contributed by atoms with Crippen LogP contribution in [0.5, 0.6) is 0 Å². The molecule has 1 heterocycles. The highest BCUT2D eigenvalue weighted by atomic mass is 16.2. The summed E-state index contributed by atoms with van der Waals surface area (Å²) >= 11 is 0. The number of carbonyl (C=O) groups is 1. The third-order valence-corrected chi connectivity index (χ3v) is 4.96. The fourth-order valence-electron chi connectivity index (χ4n) is 3.92. The summed E-state index contributed by atoms with van der Waals surface area (Å²) in [4.78, 5) is 14.4. The monoisotopic (exact) mass is 281 g/mol. The number of amides is 1. The Labute approximate surface area is 126 Å². The summed E-state index contributed by atoms with van der Waals surface area (Å²) in [6.45, 7) is 14.9. The first-order valence-electron chi connectivity index (χ1n) is 8.53. The fourth-order valence-corrected chi connectivity index (χ4v) is 3.92. The molecule has 1 saturated heterocycles. The van der Waals surface area contributed by atoms with Crippen molar-refractivity contribution in [3.05, 3.63) is 0 Å². The van der Waals surface area contributed by atoms with Gasteiger partial charge in [-0.15, -0.1) is 0 Å². The lowest BCUT2D eigenvalue weighted by Crippen LogP contribution is -2.48. The summed E-state index contributed by atoms with van der Waals surface area (Å²) in [6, 6.07) is 0.402. The van der Waals surface area contributed by atoms with E-state index in [1.807, 2.05) is 0 Å². The first kappa shape index (κ1) is 17.5. The molecule has 0 aliphatic carbocycles. The molecule has 118 valence electrons. The number of rotatable bonds is 8. The second kappa shape index (κ2) is 6.95. The third kappa shape index (κ3) is 4.49. The molecule has 0 aromatic rings. The quantitative estimate of drug-likeness (QED) is 0.611. The van der Waals surface area contributed by atoms with Gasteiger partial charge in [-0.05, 0) is 36.5 Å². The van der Waals surface area contributed by atoms with Crippen LogP contribution in [0.3, 0.4) is 0 Å². The third-order valence-electron chi connectivity index (χ3n) is 4.96. The lowest BCUT2D eigenvalue weighted by molar-refractivity contribution is -0.133. The number of hydrogen-bond acceptors (Lipinski definition) is 1. The SMILES string of the molecule is CCCC(C)(C)CC(N1CCCC1=O)C(C)(C)CCC. The molecule has 0 N–H and O–H groups in total. The molecule has 1 aliphatic rings. The van der Waals surface area contributed by atoms with E-state index in [0.717, 1.165) is 25.8 Å². The summed E-state index contributed by atoms with van der Waals surface area (Å²) in [5, 5.41) is 0. The molecule has 1 amide bonds. The highest BCUT2D eigenvalue weighted by Gasteiger charge is 2.40. The molecule has 2 nitrogen and oxygen atoms in total. The molecule has 0 bridgehead atoms. The van der Waals surface area contributed by atoms with E-state index in [4.69, 9.17) is 0 Å². The fraction of sp³-hybridized carbons (Fsp3) is 0.944. The minimum atomic E-state index is 0.222. The van der Waals surface area contributed by atoms with Crippen molar-refractivity contribution in [2.24, 2.45) is 10.8 Å². The zero-order valence-electron chi connectivity index (χ0n) is 14.6. The number of likely N-dealkylation sites (tertiary alicyclic amines) is 1. The van der Waals surface area contributed by atoms with Crippen molar-refractivity contribution < 1.29 is 4.79 Å². The molecule has 1 atom stereocenters. The molecular formula is C18H35NO. The lowest BCUT2D eigenvalue weighted by atomic mass is 9.71. The number of nitrogens with zero attached hydrogens (tertiary/aromatic N) is 1. The van der Waals surface area contributed by atoms with E-state index in [1.54, 1.807) is 0 Å². The van der Waals surface area contributed by atoms with E-state index < -0.39 is 0 Å². The van der Waals surface area contributed by atoms with Gasteiger partial charge in [0.2, 0.25) is 5.91 Å². The van der Waals surface area contributed by atoms with Crippen LogP contribution in [0.4, 0.5) is 0 Å². The van der Waals surface area contributed by atoms with Gasteiger partial charge in [0.15, 0.2) is 0 Å². The standard InChI is InChI=1S/C18H35NO/c1-7-11-17(3,4)14-15(18(5,6)12-8-2)19-13-9-10-16(19)20/h15H,7-14H2,1-6H3. The molecule has 1 aliphatic heterocycles. The molecule has 1 rings (SSSR count). The molecule has 1 unspecified atom stereocenters. The summed E-state index contributed by atoms with van der Waals surface area (Å²) in [5.74, 6) is 0.381. The Hall–Kier alpha value is -0.530. The Kier molecular flexibility index (Phi) is 6.09. The zero-order chi connectivity index (χ0) is 15.4. The van der Waals surface area contributed by atoms with Crippen molar-refractivity contribution >= 4 is 5.91 Å². The van der Waals surface area contributed by atoms with Crippen LogP contribution in [0.2, 0.25) is 0 Å². The van der Waals surface area contributed by atoms with E-state index in [0.29, 0.717) is 17.4 Å². The molecule has 1 fully saturated rings. The Morgan fingerprint density at radius 1 is 1.10 bits per heavy atom. The second-order valence-corrected chi connectivity index (χ2v) is 8.06. The summed E-state index contributed by atoms with van der Waals surface area (Å²) in [7, 11) is 0. The molecule has 0 saturated carbocycles. The molecule has 0 spiro atoms. The maximum atomic E-state index is 12.2. The summed E-state index contributed by atoms with van der Waals surface area (Å²) < 4.78 is 0. The largest absolute Gasteiger partial charge is 0.339 e. The van der Waals surface area contributed by atoms with Crippen molar-refractivity contribution in [3.8, 4) is 0 Å². The van der Waals surface area contributed by atoms with Crippen LogP contribution in [0, 0.1) is 10.8 Å². The smallest absolute Gasteiger partial charge is 0.222 e. The Morgan fingerprint density at radius 2 is 1.70 bits per heavy atom. The molecule has 0 aromatic heterocycles. The minimum Gasteiger partial charge on any atom is -0.339 e. The van der Waals surface area contributed by atoms with E-state index >= 15 is 0 Å². The average Bonchev–Trinajstić information content (AvgIpc) is 2.72. The molecule has 0 radical (unpaired) electrons. The van der Waals surface area contributed by atoms with Crippen LogP contribution >= 0.6 is 0 Å². The van der Waals surface area contributed by atoms with Crippen molar-refractivity contribution in [3.63, 3.8) is 0 Å². The number of carbonyl (C=O) groups excluding carboxylic acids is 1. The Balaban J connectivity index is 2.92. The highest BCUT2D eigenvalue weighted by molar-refractivity contribution is 5.78. The van der Waals surface area contributed by atoms with Crippen LogP contribution in [0.25, 0.3) is 0 Å². The van der Waals surface area contributed by atoms with E-state index in [2.05, 4.69) is 46.4 Å². The highest BCUT2D eigenvalue weighted by Crippen LogP contribution is 2.41. The Morgan fingerprint density at radius 3 is 2.15 bits per heavy atom. The van der Waals surface area contributed by atoms with Crippen LogP contribution in [-0.4, -0.2) is 23.4 Å². The van der Waals surface area contributed by atoms with E-state index in [1.165, 1.54) is 25.7 Å². The van der Waals surface area contributed by atoms with Gasteiger partial charge in [0, 0.05) is 19.0 Å². The first-order valence-corrected chi connectivity index (χ1v) is 8.53. The van der Waals surface area contributed by atoms with Gasteiger partial charge in [-0.1, -0.05) is 54.4 Å². The number of hydrogen-bond donors (Lipinski definition) is 0. The van der Waals surface area contributed by atoms with Crippen LogP contribution in [-0.2, 0) is 4.79 Å². The molecular weight excluding hydrogens is 246 g/mol. The van der Waals surface area contributed by atoms with Gasteiger partial charge in [-0.2, -0.15) is 0 Å². The predicted molar refractivity (Wildman–Crippen MR) is 86.7 cm³/mol. The lowest BCUT2D eigenvalue weighted by Gasteiger charge is -2.44. The topological polar surface area (TPSA) is 20.3 Å². The maximum absolute atomic E-state index is 12.2. The average molecular weight is 281 g/mol. The van der Waals surface area contributed by atoms with Gasteiger partial charge in [-0.3, -0.25) is 4.79 Å². The predicted octanol–water partition coefficient (Wildman–Crippen LogP) is 5.02. The second-order valence-electron chi connectivity index (χ2n) is 8.06. The minimum absolute atomic E-state index is 0.222. The van der Waals surface area contributed by atoms with Gasteiger partial charge in [0.25, 0.3) is 0 Å². The summed E-state index contributed by atoms with van der Waals surface area (Å²) in [6.07, 6.45) is 7.80. The van der Waals surface area contributed by atoms with Crippen molar-refractivity contribution in [2.45, 2.75) is 92.5 Å². The van der Waals surface area contributed by atoms with Gasteiger partial charge >= 0.3 is 0 Å². The van der Waals surface area contributed by atoms with Crippen LogP contribution in [0.15, 0.2) is 0 Å². The van der Waals surface area contributed by atoms with Gasteiger partial charge in [0.1, 0.15) is 0 Å². The van der Waals surface area contributed by atoms with Gasteiger partial charge in [-0.25, -0.2) is 0 Å². The summed E-state index contributed by atoms with van der Waals surface area (Å²) in [5.41, 5.74) is 0.549. The maximum Gasteiger partial charge on any atom is 0.222 e. The van der Waals surface area contributed by atoms with E-state index in [9.17, 15) is 4.79 Å². The van der Waals surface area contributed by atoms with Gasteiger partial charge in [0.05, 0.1) is 0 Å². The Bertz CT molecular complexity index is 319. The van der Waals surface area contributed by atoms with E-state index in [-0.39, 0.29) is 5.41 Å². The first-order chi connectivity index (χ1) is 9.23. The van der Waals surface area contributed by atoms with Crippen molar-refractivity contribution in [2.75, 3.05) is 6.54 Å². The van der Waals surface area contributed by atoms with Crippen LogP contribution in [0.1, 0.15) is 86.5 Å². The normalized spacial score (nSPS) is 18.7. The van der Waals surface area contributed by atoms with Gasteiger partial charge < -0.3 is 4.90 Å². The molecule has 2 heteroatoms.